The van der Waals surface area contributed by atoms with Gasteiger partial charge in [0.05, 0.1) is 13.2 Å². The van der Waals surface area contributed by atoms with Gasteiger partial charge in [-0.1, -0.05) is 178 Å². The Kier molecular flexibility index (Phi) is 32.3. The Balaban J connectivity index is 2.19. The predicted octanol–water partition coefficient (Wildman–Crippen LogP) is 13.0. The molecule has 0 N–H and O–H groups in total. The van der Waals surface area contributed by atoms with Crippen LogP contribution in [0, 0.1) is 0 Å². The number of benzene rings is 1. The lowest BCUT2D eigenvalue weighted by atomic mass is 10.0. The number of unbranched alkanes of at least 4 members (excludes halogenated alkanes) is 20. The maximum absolute atomic E-state index is 12.6. The minimum Gasteiger partial charge on any atom is -0.462 e. The van der Waals surface area contributed by atoms with Gasteiger partial charge in [0.25, 0.3) is 0 Å². The van der Waals surface area contributed by atoms with Crippen molar-refractivity contribution in [2.24, 2.45) is 0 Å². The van der Waals surface area contributed by atoms with Gasteiger partial charge < -0.3 is 14.2 Å². The molecular weight excluding hydrogens is 608 g/mol. The summed E-state index contributed by atoms with van der Waals surface area (Å²) in [7, 11) is 0. The zero-order chi connectivity index (χ0) is 35.3. The highest BCUT2D eigenvalue weighted by Gasteiger charge is 2.17. The monoisotopic (exact) mass is 683 g/mol. The van der Waals surface area contributed by atoms with Crippen LogP contribution in [0.1, 0.15) is 186 Å². The van der Waals surface area contributed by atoms with Crippen molar-refractivity contribution in [2.75, 3.05) is 13.2 Å². The molecule has 0 aliphatic rings. The molecule has 0 aliphatic heterocycles. The van der Waals surface area contributed by atoms with Gasteiger partial charge in [0.1, 0.15) is 6.61 Å². The van der Waals surface area contributed by atoms with Gasteiger partial charge in [0.15, 0.2) is 6.10 Å². The number of carbonyl (C=O) groups excluding carboxylic acids is 2. The third kappa shape index (κ3) is 31.3. The van der Waals surface area contributed by atoms with E-state index in [0.717, 1.165) is 50.5 Å². The molecule has 0 fully saturated rings. The lowest BCUT2D eigenvalue weighted by Crippen LogP contribution is -2.29. The van der Waals surface area contributed by atoms with Crippen molar-refractivity contribution in [1.82, 2.24) is 0 Å². The standard InChI is InChI=1S/C44H74O5/c1-3-5-7-9-11-13-15-17-18-20-22-24-26-28-33-37-44(46)49-42(39-47-38-41-34-30-29-31-35-41)40-48-43(45)36-32-27-25-23-21-19-16-14-12-10-8-6-4-2/h11,13,17-18,29-31,34-35,42H,3-10,12,14-16,19-28,32-33,36-40H2,1-2H3/b13-11-,18-17-. The second-order valence-corrected chi connectivity index (χ2v) is 13.8. The van der Waals surface area contributed by atoms with Crippen LogP contribution < -0.4 is 0 Å². The molecule has 0 radical (unpaired) electrons. The molecule has 1 aromatic rings. The van der Waals surface area contributed by atoms with E-state index in [-0.39, 0.29) is 25.2 Å². The van der Waals surface area contributed by atoms with Gasteiger partial charge >= 0.3 is 11.9 Å². The average Bonchev–Trinajstić information content (AvgIpc) is 3.11. The Morgan fingerprint density at radius 1 is 0.551 bits per heavy atom. The molecule has 0 spiro atoms. The minimum absolute atomic E-state index is 0.0416. The van der Waals surface area contributed by atoms with Crippen molar-refractivity contribution in [1.29, 1.82) is 0 Å². The first-order valence-electron chi connectivity index (χ1n) is 20.4. The van der Waals surface area contributed by atoms with E-state index in [4.69, 9.17) is 14.2 Å². The fourth-order valence-electron chi connectivity index (χ4n) is 5.87. The van der Waals surface area contributed by atoms with E-state index in [9.17, 15) is 9.59 Å². The Hall–Kier alpha value is -2.40. The van der Waals surface area contributed by atoms with E-state index in [1.165, 1.54) is 109 Å². The van der Waals surface area contributed by atoms with Crippen LogP contribution in [-0.2, 0) is 30.4 Å². The Morgan fingerprint density at radius 2 is 1.02 bits per heavy atom. The number of carbonyl (C=O) groups is 2. The third-order valence-electron chi connectivity index (χ3n) is 8.96. The molecule has 0 saturated heterocycles. The molecule has 0 aromatic heterocycles. The molecule has 0 amide bonds. The highest BCUT2D eigenvalue weighted by atomic mass is 16.6. The quantitative estimate of drug-likeness (QED) is 0.0405. The summed E-state index contributed by atoms with van der Waals surface area (Å²) in [6, 6.07) is 9.92. The van der Waals surface area contributed by atoms with E-state index < -0.39 is 6.10 Å². The number of rotatable bonds is 35. The van der Waals surface area contributed by atoms with E-state index in [2.05, 4.69) is 38.2 Å². The summed E-state index contributed by atoms with van der Waals surface area (Å²) in [6.07, 6.45) is 38.4. The lowest BCUT2D eigenvalue weighted by Gasteiger charge is -2.18. The first-order chi connectivity index (χ1) is 24.2. The summed E-state index contributed by atoms with van der Waals surface area (Å²) in [4.78, 5) is 25.1. The zero-order valence-corrected chi connectivity index (χ0v) is 31.8. The Bertz CT molecular complexity index is 925. The zero-order valence-electron chi connectivity index (χ0n) is 31.8. The van der Waals surface area contributed by atoms with E-state index in [1.54, 1.807) is 0 Å². The first kappa shape index (κ1) is 44.6. The summed E-state index contributed by atoms with van der Waals surface area (Å²) in [6.45, 7) is 5.18. The first-order valence-corrected chi connectivity index (χ1v) is 20.4. The topological polar surface area (TPSA) is 61.8 Å². The molecule has 49 heavy (non-hydrogen) atoms. The van der Waals surface area contributed by atoms with Crippen LogP contribution in [0.3, 0.4) is 0 Å². The highest BCUT2D eigenvalue weighted by molar-refractivity contribution is 5.70. The van der Waals surface area contributed by atoms with Gasteiger partial charge in [-0.25, -0.2) is 0 Å². The van der Waals surface area contributed by atoms with E-state index in [0.29, 0.717) is 19.4 Å². The average molecular weight is 683 g/mol. The Labute approximate surface area is 302 Å². The normalized spacial score (nSPS) is 12.2. The predicted molar refractivity (Wildman–Crippen MR) is 207 cm³/mol. The molecule has 0 heterocycles. The molecule has 1 rings (SSSR count). The van der Waals surface area contributed by atoms with Crippen LogP contribution >= 0.6 is 0 Å². The largest absolute Gasteiger partial charge is 0.462 e. The second-order valence-electron chi connectivity index (χ2n) is 13.8. The van der Waals surface area contributed by atoms with Gasteiger partial charge in [-0.05, 0) is 50.5 Å². The van der Waals surface area contributed by atoms with Gasteiger partial charge in [-0.2, -0.15) is 0 Å². The molecule has 1 unspecified atom stereocenters. The summed E-state index contributed by atoms with van der Waals surface area (Å²) in [5.74, 6) is -0.465. The molecule has 280 valence electrons. The molecule has 5 nitrogen and oxygen atoms in total. The second kappa shape index (κ2) is 35.4. The van der Waals surface area contributed by atoms with Gasteiger partial charge in [0, 0.05) is 12.8 Å². The summed E-state index contributed by atoms with van der Waals surface area (Å²) < 4.78 is 17.1. The van der Waals surface area contributed by atoms with Crippen LogP contribution in [-0.4, -0.2) is 31.3 Å². The fourth-order valence-corrected chi connectivity index (χ4v) is 5.87. The van der Waals surface area contributed by atoms with Crippen LogP contribution in [0.4, 0.5) is 0 Å². The van der Waals surface area contributed by atoms with Crippen LogP contribution in [0.2, 0.25) is 0 Å². The van der Waals surface area contributed by atoms with Crippen molar-refractivity contribution in [2.45, 2.75) is 193 Å². The van der Waals surface area contributed by atoms with E-state index >= 15 is 0 Å². The summed E-state index contributed by atoms with van der Waals surface area (Å²) >= 11 is 0. The molecule has 0 aliphatic carbocycles. The van der Waals surface area contributed by atoms with Crippen LogP contribution in [0.5, 0.6) is 0 Å². The third-order valence-corrected chi connectivity index (χ3v) is 8.96. The number of hydrogen-bond acceptors (Lipinski definition) is 5. The smallest absolute Gasteiger partial charge is 0.306 e. The van der Waals surface area contributed by atoms with Crippen molar-refractivity contribution >= 4 is 11.9 Å². The minimum atomic E-state index is -0.593. The molecule has 0 bridgehead atoms. The molecule has 0 saturated carbocycles. The maximum atomic E-state index is 12.6. The van der Waals surface area contributed by atoms with E-state index in [1.807, 2.05) is 30.3 Å². The highest BCUT2D eigenvalue weighted by Crippen LogP contribution is 2.14. The number of allylic oxidation sites excluding steroid dienone is 4. The van der Waals surface area contributed by atoms with Crippen molar-refractivity contribution < 1.29 is 23.8 Å². The number of hydrogen-bond donors (Lipinski definition) is 0. The Morgan fingerprint density at radius 3 is 1.59 bits per heavy atom. The van der Waals surface area contributed by atoms with Crippen LogP contribution in [0.15, 0.2) is 54.6 Å². The maximum Gasteiger partial charge on any atom is 0.306 e. The lowest BCUT2D eigenvalue weighted by molar-refractivity contribution is -0.163. The van der Waals surface area contributed by atoms with Gasteiger partial charge in [-0.3, -0.25) is 9.59 Å². The number of ether oxygens (including phenoxy) is 3. The van der Waals surface area contributed by atoms with Crippen molar-refractivity contribution in [3.63, 3.8) is 0 Å². The molecule has 1 aromatic carbocycles. The SMILES string of the molecule is CCCCC/C=C\C/C=C\CCCCCCCC(=O)OC(COCc1ccccc1)COC(=O)CCCCCCCCCCCCCCC. The summed E-state index contributed by atoms with van der Waals surface area (Å²) in [5, 5.41) is 0. The van der Waals surface area contributed by atoms with Crippen LogP contribution in [0.25, 0.3) is 0 Å². The van der Waals surface area contributed by atoms with Crippen molar-refractivity contribution in [3.05, 3.63) is 60.2 Å². The van der Waals surface area contributed by atoms with Gasteiger partial charge in [0.2, 0.25) is 0 Å². The van der Waals surface area contributed by atoms with Crippen molar-refractivity contribution in [3.8, 4) is 0 Å². The van der Waals surface area contributed by atoms with Gasteiger partial charge in [-0.15, -0.1) is 0 Å². The number of esters is 2. The summed E-state index contributed by atoms with van der Waals surface area (Å²) in [5.41, 5.74) is 1.05. The molecular formula is C44H74O5. The fraction of sp³-hybridized carbons (Fsp3) is 0.727. The molecule has 1 atom stereocenters. The molecule has 5 heteroatoms.